The van der Waals surface area contributed by atoms with Gasteiger partial charge in [-0.25, -0.2) is 0 Å². The number of esters is 1. The molecule has 0 bridgehead atoms. The van der Waals surface area contributed by atoms with Gasteiger partial charge in [0.05, 0.1) is 25.5 Å². The molecule has 1 rings (SSSR count). The molecule has 0 saturated carbocycles. The average molecular weight is 195 g/mol. The van der Waals surface area contributed by atoms with Crippen LogP contribution in [0.3, 0.4) is 0 Å². The lowest BCUT2D eigenvalue weighted by molar-refractivity contribution is -0.142. The van der Waals surface area contributed by atoms with Crippen LogP contribution in [0, 0.1) is 0 Å². The van der Waals surface area contributed by atoms with E-state index in [0.29, 0.717) is 25.3 Å². The molecular weight excluding hydrogens is 182 g/mol. The minimum atomic E-state index is -0.218. The van der Waals surface area contributed by atoms with Crippen molar-refractivity contribution in [3.8, 4) is 0 Å². The molecular formula is C10H13NO3. The van der Waals surface area contributed by atoms with Crippen LogP contribution in [0.25, 0.3) is 0 Å². The zero-order valence-corrected chi connectivity index (χ0v) is 8.10. The Morgan fingerprint density at radius 2 is 2.57 bits per heavy atom. The van der Waals surface area contributed by atoms with Crippen LogP contribution in [0.5, 0.6) is 0 Å². The Morgan fingerprint density at radius 1 is 1.71 bits per heavy atom. The first-order chi connectivity index (χ1) is 6.83. The van der Waals surface area contributed by atoms with E-state index in [2.05, 4.69) is 4.99 Å². The van der Waals surface area contributed by atoms with E-state index in [1.807, 2.05) is 0 Å². The Labute approximate surface area is 82.6 Å². The third-order valence-electron chi connectivity index (χ3n) is 1.51. The minimum Gasteiger partial charge on any atom is -0.466 e. The number of nitrogens with zero attached hydrogens (tertiary/aromatic N) is 1. The summed E-state index contributed by atoms with van der Waals surface area (Å²) in [6, 6.07) is 3.58. The van der Waals surface area contributed by atoms with Crippen LogP contribution >= 0.6 is 0 Å². The Bertz CT molecular complexity index is 290. The molecule has 0 atom stereocenters. The maximum Gasteiger partial charge on any atom is 0.307 e. The van der Waals surface area contributed by atoms with E-state index in [4.69, 9.17) is 9.15 Å². The first-order valence-corrected chi connectivity index (χ1v) is 4.52. The predicted molar refractivity (Wildman–Crippen MR) is 52.4 cm³/mol. The maximum atomic E-state index is 10.9. The van der Waals surface area contributed by atoms with Crippen molar-refractivity contribution in [3.05, 3.63) is 24.2 Å². The summed E-state index contributed by atoms with van der Waals surface area (Å²) in [6.45, 7) is 2.63. The molecule has 0 spiro atoms. The van der Waals surface area contributed by atoms with Gasteiger partial charge in [0.1, 0.15) is 5.76 Å². The second-order valence-corrected chi connectivity index (χ2v) is 2.61. The van der Waals surface area contributed by atoms with Crippen molar-refractivity contribution in [1.82, 2.24) is 0 Å². The Balaban J connectivity index is 2.18. The van der Waals surface area contributed by atoms with Crippen LogP contribution < -0.4 is 0 Å². The summed E-state index contributed by atoms with van der Waals surface area (Å²) in [4.78, 5) is 14.9. The summed E-state index contributed by atoms with van der Waals surface area (Å²) in [5.74, 6) is 0.470. The van der Waals surface area contributed by atoms with Crippen molar-refractivity contribution >= 4 is 12.2 Å². The molecule has 0 radical (unpaired) electrons. The van der Waals surface area contributed by atoms with Crippen LogP contribution in [0.2, 0.25) is 0 Å². The largest absolute Gasteiger partial charge is 0.466 e. The van der Waals surface area contributed by atoms with Gasteiger partial charge in [-0.2, -0.15) is 0 Å². The third kappa shape index (κ3) is 3.89. The van der Waals surface area contributed by atoms with E-state index >= 15 is 0 Å². The van der Waals surface area contributed by atoms with Gasteiger partial charge in [-0.1, -0.05) is 0 Å². The van der Waals surface area contributed by atoms with E-state index in [9.17, 15) is 4.79 Å². The Hall–Kier alpha value is -1.58. The molecule has 0 fully saturated rings. The van der Waals surface area contributed by atoms with Crippen LogP contribution in [-0.4, -0.2) is 25.3 Å². The van der Waals surface area contributed by atoms with Gasteiger partial charge in [0, 0.05) is 6.54 Å². The van der Waals surface area contributed by atoms with Crippen LogP contribution in [-0.2, 0) is 9.53 Å². The highest BCUT2D eigenvalue weighted by Gasteiger charge is 1.98. The number of rotatable bonds is 5. The number of carbonyl (C=O) groups is 1. The van der Waals surface area contributed by atoms with Crippen molar-refractivity contribution in [3.63, 3.8) is 0 Å². The molecule has 1 aromatic rings. The molecule has 0 aliphatic carbocycles. The van der Waals surface area contributed by atoms with E-state index < -0.39 is 0 Å². The highest BCUT2D eigenvalue weighted by atomic mass is 16.5. The van der Waals surface area contributed by atoms with Crippen molar-refractivity contribution in [2.24, 2.45) is 4.99 Å². The lowest BCUT2D eigenvalue weighted by Gasteiger charge is -1.97. The van der Waals surface area contributed by atoms with Crippen molar-refractivity contribution in [1.29, 1.82) is 0 Å². The van der Waals surface area contributed by atoms with Gasteiger partial charge in [0.15, 0.2) is 0 Å². The monoisotopic (exact) mass is 195 g/mol. The molecule has 14 heavy (non-hydrogen) atoms. The van der Waals surface area contributed by atoms with E-state index in [1.165, 1.54) is 0 Å². The molecule has 0 saturated heterocycles. The van der Waals surface area contributed by atoms with Crippen molar-refractivity contribution in [2.45, 2.75) is 13.3 Å². The normalized spacial score (nSPS) is 10.6. The molecule has 0 aliphatic rings. The van der Waals surface area contributed by atoms with Crippen molar-refractivity contribution < 1.29 is 13.9 Å². The fraction of sp³-hybridized carbons (Fsp3) is 0.400. The first-order valence-electron chi connectivity index (χ1n) is 4.52. The van der Waals surface area contributed by atoms with Gasteiger partial charge in [0.2, 0.25) is 0 Å². The molecule has 76 valence electrons. The van der Waals surface area contributed by atoms with Gasteiger partial charge in [0.25, 0.3) is 0 Å². The SMILES string of the molecule is CCOC(=O)CC/N=C/c1ccco1. The van der Waals surface area contributed by atoms with Crippen LogP contribution in [0.1, 0.15) is 19.1 Å². The van der Waals surface area contributed by atoms with Crippen LogP contribution in [0.4, 0.5) is 0 Å². The number of ether oxygens (including phenoxy) is 1. The highest BCUT2D eigenvalue weighted by Crippen LogP contribution is 1.95. The molecule has 1 aromatic heterocycles. The molecule has 0 aliphatic heterocycles. The topological polar surface area (TPSA) is 51.8 Å². The molecule has 0 aromatic carbocycles. The summed E-state index contributed by atoms with van der Waals surface area (Å²) in [5, 5.41) is 0. The van der Waals surface area contributed by atoms with Crippen molar-refractivity contribution in [2.75, 3.05) is 13.2 Å². The zero-order chi connectivity index (χ0) is 10.2. The van der Waals surface area contributed by atoms with Gasteiger partial charge in [-0.05, 0) is 19.1 Å². The summed E-state index contributed by atoms with van der Waals surface area (Å²) in [7, 11) is 0. The van der Waals surface area contributed by atoms with Gasteiger partial charge in [-0.15, -0.1) is 0 Å². The molecule has 4 nitrogen and oxygen atoms in total. The fourth-order valence-corrected chi connectivity index (χ4v) is 0.908. The van der Waals surface area contributed by atoms with E-state index in [1.54, 1.807) is 31.5 Å². The standard InChI is InChI=1S/C10H13NO3/c1-2-13-10(12)5-6-11-8-9-4-3-7-14-9/h3-4,7-8H,2,5-6H2,1H3/b11-8+. The lowest BCUT2D eigenvalue weighted by Crippen LogP contribution is -2.05. The number of hydrogen-bond acceptors (Lipinski definition) is 4. The van der Waals surface area contributed by atoms with E-state index in [-0.39, 0.29) is 5.97 Å². The predicted octanol–water partition coefficient (Wildman–Crippen LogP) is 1.65. The number of carbonyl (C=O) groups excluding carboxylic acids is 1. The second kappa shape index (κ2) is 5.96. The third-order valence-corrected chi connectivity index (χ3v) is 1.51. The number of aliphatic imine (C=N–C) groups is 1. The van der Waals surface area contributed by atoms with Gasteiger partial charge >= 0.3 is 5.97 Å². The quantitative estimate of drug-likeness (QED) is 0.530. The van der Waals surface area contributed by atoms with Gasteiger partial charge in [-0.3, -0.25) is 9.79 Å². The molecule has 0 amide bonds. The van der Waals surface area contributed by atoms with Crippen LogP contribution in [0.15, 0.2) is 27.8 Å². The summed E-state index contributed by atoms with van der Waals surface area (Å²) in [5.41, 5.74) is 0. The molecule has 1 heterocycles. The second-order valence-electron chi connectivity index (χ2n) is 2.61. The first kappa shape index (κ1) is 10.5. The Morgan fingerprint density at radius 3 is 3.21 bits per heavy atom. The minimum absolute atomic E-state index is 0.218. The highest BCUT2D eigenvalue weighted by molar-refractivity contribution is 5.76. The zero-order valence-electron chi connectivity index (χ0n) is 8.10. The smallest absolute Gasteiger partial charge is 0.307 e. The number of furan rings is 1. The number of hydrogen-bond donors (Lipinski definition) is 0. The lowest BCUT2D eigenvalue weighted by atomic mass is 10.4. The average Bonchev–Trinajstić information content (AvgIpc) is 2.65. The van der Waals surface area contributed by atoms with Gasteiger partial charge < -0.3 is 9.15 Å². The summed E-state index contributed by atoms with van der Waals surface area (Å²) < 4.78 is 9.77. The summed E-state index contributed by atoms with van der Waals surface area (Å²) in [6.07, 6.45) is 3.48. The summed E-state index contributed by atoms with van der Waals surface area (Å²) >= 11 is 0. The molecule has 0 unspecified atom stereocenters. The molecule has 4 heteroatoms. The fourth-order valence-electron chi connectivity index (χ4n) is 0.908. The molecule has 0 N–H and O–H groups in total. The Kier molecular flexibility index (Phi) is 4.47. The maximum absolute atomic E-state index is 10.9. The van der Waals surface area contributed by atoms with E-state index in [0.717, 1.165) is 0 Å².